The predicted octanol–water partition coefficient (Wildman–Crippen LogP) is 2.76. The second-order valence-electron chi connectivity index (χ2n) is 6.01. The molecule has 5 heteroatoms. The molecule has 0 radical (unpaired) electrons. The Bertz CT molecular complexity index is 457. The summed E-state index contributed by atoms with van der Waals surface area (Å²) in [6, 6.07) is 2.05. The van der Waals surface area contributed by atoms with Gasteiger partial charge in [0, 0.05) is 51.5 Å². The van der Waals surface area contributed by atoms with Crippen LogP contribution in [0, 0.1) is 5.92 Å². The van der Waals surface area contributed by atoms with Gasteiger partial charge < -0.3 is 14.8 Å². The zero-order valence-corrected chi connectivity index (χ0v) is 13.6. The molecule has 0 spiro atoms. The highest BCUT2D eigenvalue weighted by atomic mass is 16.5. The van der Waals surface area contributed by atoms with Gasteiger partial charge in [-0.05, 0) is 19.3 Å². The molecule has 2 heterocycles. The smallest absolute Gasteiger partial charge is 0.163 e. The monoisotopic (exact) mass is 293 g/mol. The average molecular weight is 293 g/mol. The largest absolute Gasteiger partial charge is 0.381 e. The molecule has 0 aliphatic carbocycles. The molecule has 0 amide bonds. The molecule has 1 aliphatic heterocycles. The first-order valence-electron chi connectivity index (χ1n) is 7.85. The summed E-state index contributed by atoms with van der Waals surface area (Å²) in [5.41, 5.74) is 0.670. The van der Waals surface area contributed by atoms with Crippen LogP contribution in [-0.4, -0.2) is 36.8 Å². The second-order valence-corrected chi connectivity index (χ2v) is 6.01. The van der Waals surface area contributed by atoms with E-state index in [0.717, 1.165) is 43.1 Å². The molecule has 21 heavy (non-hydrogen) atoms. The molecule has 5 nitrogen and oxygen atoms in total. The summed E-state index contributed by atoms with van der Waals surface area (Å²) in [5, 5.41) is 3.30. The van der Waals surface area contributed by atoms with Gasteiger partial charge in [-0.1, -0.05) is 13.8 Å². The van der Waals surface area contributed by atoms with Gasteiger partial charge in [-0.15, -0.1) is 0 Å². The molecule has 118 valence electrons. The quantitative estimate of drug-likeness (QED) is 0.874. The molecule has 0 atom stereocenters. The van der Waals surface area contributed by atoms with Gasteiger partial charge in [-0.25, -0.2) is 9.97 Å². The lowest BCUT2D eigenvalue weighted by molar-refractivity contribution is -0.1000. The molecule has 1 aromatic heterocycles. The molecule has 1 N–H and O–H groups in total. The van der Waals surface area contributed by atoms with Crippen molar-refractivity contribution >= 4 is 5.82 Å². The molecule has 0 aromatic carbocycles. The Morgan fingerprint density at radius 1 is 1.33 bits per heavy atom. The lowest BCUT2D eigenvalue weighted by atomic mass is 9.92. The standard InChI is InChI=1S/C16H27N3O2/c1-5-17-14-11-13(10-12(2)3)18-15(19-14)16(20-4)6-8-21-9-7-16/h11-12H,5-10H2,1-4H3,(H,17,18,19). The maximum atomic E-state index is 5.83. The third-order valence-electron chi connectivity index (χ3n) is 3.85. The van der Waals surface area contributed by atoms with Crippen molar-refractivity contribution in [1.82, 2.24) is 9.97 Å². The lowest BCUT2D eigenvalue weighted by Crippen LogP contribution is -2.37. The first kappa shape index (κ1) is 16.2. The molecule has 0 unspecified atom stereocenters. The van der Waals surface area contributed by atoms with E-state index in [1.54, 1.807) is 7.11 Å². The molecular formula is C16H27N3O2. The Balaban J connectivity index is 2.37. The SMILES string of the molecule is CCNc1cc(CC(C)C)nc(C2(OC)CCOCC2)n1. The lowest BCUT2D eigenvalue weighted by Gasteiger charge is -2.34. The summed E-state index contributed by atoms with van der Waals surface area (Å²) < 4.78 is 11.3. The summed E-state index contributed by atoms with van der Waals surface area (Å²) in [4.78, 5) is 9.49. The summed E-state index contributed by atoms with van der Waals surface area (Å²) in [5.74, 6) is 2.25. The third-order valence-corrected chi connectivity index (χ3v) is 3.85. The van der Waals surface area contributed by atoms with Gasteiger partial charge in [-0.2, -0.15) is 0 Å². The van der Waals surface area contributed by atoms with Crippen molar-refractivity contribution in [2.24, 2.45) is 5.92 Å². The molecule has 0 bridgehead atoms. The number of methoxy groups -OCH3 is 1. The Morgan fingerprint density at radius 2 is 2.05 bits per heavy atom. The van der Waals surface area contributed by atoms with Crippen LogP contribution in [0.1, 0.15) is 45.1 Å². The van der Waals surface area contributed by atoms with Crippen LogP contribution in [0.5, 0.6) is 0 Å². The summed E-state index contributed by atoms with van der Waals surface area (Å²) in [7, 11) is 1.75. The van der Waals surface area contributed by atoms with Crippen LogP contribution in [0.3, 0.4) is 0 Å². The van der Waals surface area contributed by atoms with E-state index in [2.05, 4.69) is 32.2 Å². The molecule has 1 aromatic rings. The molecule has 1 fully saturated rings. The molecule has 1 saturated heterocycles. The Kier molecular flexibility index (Phi) is 5.53. The van der Waals surface area contributed by atoms with Crippen molar-refractivity contribution in [3.8, 4) is 0 Å². The fraction of sp³-hybridized carbons (Fsp3) is 0.750. The number of nitrogens with zero attached hydrogens (tertiary/aromatic N) is 2. The van der Waals surface area contributed by atoms with E-state index >= 15 is 0 Å². The van der Waals surface area contributed by atoms with E-state index in [4.69, 9.17) is 19.4 Å². The Labute approximate surface area is 127 Å². The van der Waals surface area contributed by atoms with Crippen LogP contribution in [-0.2, 0) is 21.5 Å². The van der Waals surface area contributed by atoms with Crippen molar-refractivity contribution in [3.63, 3.8) is 0 Å². The summed E-state index contributed by atoms with van der Waals surface area (Å²) >= 11 is 0. The number of aromatic nitrogens is 2. The van der Waals surface area contributed by atoms with Crippen molar-refractivity contribution in [1.29, 1.82) is 0 Å². The minimum atomic E-state index is -0.407. The van der Waals surface area contributed by atoms with Crippen molar-refractivity contribution < 1.29 is 9.47 Å². The van der Waals surface area contributed by atoms with E-state index in [-0.39, 0.29) is 0 Å². The second kappa shape index (κ2) is 7.18. The first-order chi connectivity index (χ1) is 10.1. The molecular weight excluding hydrogens is 266 g/mol. The van der Waals surface area contributed by atoms with Crippen molar-refractivity contribution in [2.75, 3.05) is 32.2 Å². The van der Waals surface area contributed by atoms with E-state index < -0.39 is 5.60 Å². The predicted molar refractivity (Wildman–Crippen MR) is 83.5 cm³/mol. The topological polar surface area (TPSA) is 56.3 Å². The van der Waals surface area contributed by atoms with Gasteiger partial charge >= 0.3 is 0 Å². The molecule has 0 saturated carbocycles. The van der Waals surface area contributed by atoms with Crippen LogP contribution in [0.25, 0.3) is 0 Å². The fourth-order valence-electron chi connectivity index (χ4n) is 2.72. The van der Waals surface area contributed by atoms with Gasteiger partial charge in [0.05, 0.1) is 0 Å². The molecule has 2 rings (SSSR count). The number of rotatable bonds is 6. The van der Waals surface area contributed by atoms with Gasteiger partial charge in [0.1, 0.15) is 11.4 Å². The van der Waals surface area contributed by atoms with Gasteiger partial charge in [0.25, 0.3) is 0 Å². The van der Waals surface area contributed by atoms with E-state index in [1.807, 2.05) is 0 Å². The highest BCUT2D eigenvalue weighted by molar-refractivity contribution is 5.37. The highest BCUT2D eigenvalue weighted by Crippen LogP contribution is 2.34. The normalized spacial score (nSPS) is 18.0. The average Bonchev–Trinajstić information content (AvgIpc) is 2.47. The minimum absolute atomic E-state index is 0.407. The van der Waals surface area contributed by atoms with E-state index in [0.29, 0.717) is 19.1 Å². The zero-order chi connectivity index (χ0) is 15.3. The number of hydrogen-bond acceptors (Lipinski definition) is 5. The minimum Gasteiger partial charge on any atom is -0.381 e. The maximum absolute atomic E-state index is 5.83. The van der Waals surface area contributed by atoms with Crippen LogP contribution >= 0.6 is 0 Å². The van der Waals surface area contributed by atoms with Gasteiger partial charge in [-0.3, -0.25) is 0 Å². The third kappa shape index (κ3) is 3.92. The van der Waals surface area contributed by atoms with Crippen molar-refractivity contribution in [2.45, 2.75) is 45.6 Å². The number of anilines is 1. The molecule has 1 aliphatic rings. The number of hydrogen-bond donors (Lipinski definition) is 1. The number of nitrogens with one attached hydrogen (secondary N) is 1. The first-order valence-corrected chi connectivity index (χ1v) is 7.85. The van der Waals surface area contributed by atoms with Crippen LogP contribution < -0.4 is 5.32 Å². The van der Waals surface area contributed by atoms with Crippen molar-refractivity contribution in [3.05, 3.63) is 17.6 Å². The maximum Gasteiger partial charge on any atom is 0.163 e. The fourth-order valence-corrected chi connectivity index (χ4v) is 2.72. The number of ether oxygens (including phenoxy) is 2. The van der Waals surface area contributed by atoms with Crippen LogP contribution in [0.2, 0.25) is 0 Å². The Morgan fingerprint density at radius 3 is 2.62 bits per heavy atom. The van der Waals surface area contributed by atoms with Crippen LogP contribution in [0.4, 0.5) is 5.82 Å². The van der Waals surface area contributed by atoms with Gasteiger partial charge in [0.15, 0.2) is 5.82 Å². The highest BCUT2D eigenvalue weighted by Gasteiger charge is 2.37. The Hall–Kier alpha value is -1.20. The van der Waals surface area contributed by atoms with E-state index in [1.165, 1.54) is 0 Å². The van der Waals surface area contributed by atoms with Crippen LogP contribution in [0.15, 0.2) is 6.07 Å². The zero-order valence-electron chi connectivity index (χ0n) is 13.6. The summed E-state index contributed by atoms with van der Waals surface area (Å²) in [6.07, 6.45) is 2.56. The van der Waals surface area contributed by atoms with Gasteiger partial charge in [0.2, 0.25) is 0 Å². The summed E-state index contributed by atoms with van der Waals surface area (Å²) in [6.45, 7) is 8.72. The van der Waals surface area contributed by atoms with E-state index in [9.17, 15) is 0 Å².